The number of hydrogen-bond donors (Lipinski definition) is 2. The number of nitrogens with zero attached hydrogens (tertiary/aromatic N) is 2. The van der Waals surface area contributed by atoms with E-state index in [2.05, 4.69) is 17.1 Å². The lowest BCUT2D eigenvalue weighted by Gasteiger charge is -2.23. The molecule has 136 valence electrons. The predicted octanol–water partition coefficient (Wildman–Crippen LogP) is 2.45. The number of hydrogen-bond acceptors (Lipinski definition) is 3. The zero-order valence-corrected chi connectivity index (χ0v) is 15.3. The maximum atomic E-state index is 10.4. The minimum Gasteiger partial charge on any atom is -0.386 e. The third-order valence-corrected chi connectivity index (χ3v) is 5.97. The van der Waals surface area contributed by atoms with E-state index >= 15 is 0 Å². The summed E-state index contributed by atoms with van der Waals surface area (Å²) in [6.07, 6.45) is 2.66. The molecule has 4 rings (SSSR count). The molecule has 3 aliphatic rings. The molecule has 1 aromatic carbocycles. The number of halogens is 1. The summed E-state index contributed by atoms with van der Waals surface area (Å²) in [7, 11) is 0. The highest BCUT2D eigenvalue weighted by atomic mass is 35.5. The Labute approximate surface area is 154 Å². The highest BCUT2D eigenvalue weighted by molar-refractivity contribution is 6.30. The topological polar surface area (TPSA) is 57.1 Å². The average Bonchev–Trinajstić information content (AvgIpc) is 3.30. The van der Waals surface area contributed by atoms with Crippen LogP contribution in [0.3, 0.4) is 0 Å². The molecule has 25 heavy (non-hydrogen) atoms. The first-order chi connectivity index (χ1) is 12.2. The fourth-order valence-corrected chi connectivity index (χ4v) is 4.75. The molecular formula is C19H26ClN3O2. The van der Waals surface area contributed by atoms with Crippen LogP contribution in [-0.2, 0) is 4.74 Å². The highest BCUT2D eigenvalue weighted by Crippen LogP contribution is 2.47. The van der Waals surface area contributed by atoms with Gasteiger partial charge < -0.3 is 20.1 Å². The molecule has 5 atom stereocenters. The molecule has 0 aromatic heterocycles. The molecule has 6 heteroatoms. The van der Waals surface area contributed by atoms with E-state index < -0.39 is 6.10 Å². The summed E-state index contributed by atoms with van der Waals surface area (Å²) >= 11 is 6.01. The molecule has 3 saturated heterocycles. The molecular weight excluding hydrogens is 338 g/mol. The number of likely N-dealkylation sites (tertiary alicyclic amines) is 1. The number of fused-ring (bicyclic) bond motifs is 5. The Morgan fingerprint density at radius 1 is 1.36 bits per heavy atom. The van der Waals surface area contributed by atoms with Crippen LogP contribution in [-0.4, -0.2) is 54.4 Å². The highest BCUT2D eigenvalue weighted by Gasteiger charge is 2.53. The standard InChI is InChI=1S/C19H26ClN3O2/c1-2-21-19(22-9-16(24)12-4-3-5-13(20)8-12)23-10-14-15(11-23)18-7-6-17(14)25-18/h3-5,8,14-18,24H,2,6-7,9-11H2,1H3,(H,21,22). The lowest BCUT2D eigenvalue weighted by molar-refractivity contribution is 0.0766. The molecule has 3 fully saturated rings. The van der Waals surface area contributed by atoms with Crippen LogP contribution in [0.4, 0.5) is 0 Å². The van der Waals surface area contributed by atoms with Crippen molar-refractivity contribution in [2.75, 3.05) is 26.2 Å². The van der Waals surface area contributed by atoms with E-state index in [1.165, 1.54) is 12.8 Å². The molecule has 2 bridgehead atoms. The quantitative estimate of drug-likeness (QED) is 0.637. The Morgan fingerprint density at radius 2 is 2.08 bits per heavy atom. The summed E-state index contributed by atoms with van der Waals surface area (Å²) in [5.74, 6) is 2.18. The van der Waals surface area contributed by atoms with E-state index in [9.17, 15) is 5.11 Å². The normalized spacial score (nSPS) is 32.1. The maximum Gasteiger partial charge on any atom is 0.194 e. The predicted molar refractivity (Wildman–Crippen MR) is 98.8 cm³/mol. The van der Waals surface area contributed by atoms with Gasteiger partial charge in [-0.05, 0) is 37.5 Å². The van der Waals surface area contributed by atoms with Gasteiger partial charge in [-0.3, -0.25) is 4.99 Å². The molecule has 5 nitrogen and oxygen atoms in total. The first kappa shape index (κ1) is 17.1. The Kier molecular flexibility index (Phi) is 4.89. The van der Waals surface area contributed by atoms with Crippen molar-refractivity contribution in [3.63, 3.8) is 0 Å². The second kappa shape index (κ2) is 7.14. The molecule has 0 saturated carbocycles. The van der Waals surface area contributed by atoms with E-state index in [0.29, 0.717) is 35.6 Å². The second-order valence-corrected chi connectivity index (χ2v) is 7.72. The number of guanidine groups is 1. The SMILES string of the molecule is CCNC(=NCC(O)c1cccc(Cl)c1)N1CC2C3CCC(O3)C2C1. The summed E-state index contributed by atoms with van der Waals surface area (Å²) in [5.41, 5.74) is 0.803. The van der Waals surface area contributed by atoms with Crippen LogP contribution >= 0.6 is 11.6 Å². The summed E-state index contributed by atoms with van der Waals surface area (Å²) in [6.45, 7) is 5.24. The van der Waals surface area contributed by atoms with E-state index in [1.807, 2.05) is 18.2 Å². The Hall–Kier alpha value is -1.30. The van der Waals surface area contributed by atoms with Gasteiger partial charge in [-0.25, -0.2) is 0 Å². The van der Waals surface area contributed by atoms with Crippen LogP contribution in [0.25, 0.3) is 0 Å². The van der Waals surface area contributed by atoms with Gasteiger partial charge in [-0.1, -0.05) is 23.7 Å². The van der Waals surface area contributed by atoms with Crippen molar-refractivity contribution in [1.29, 1.82) is 0 Å². The summed E-state index contributed by atoms with van der Waals surface area (Å²) in [6, 6.07) is 7.34. The van der Waals surface area contributed by atoms with Crippen molar-refractivity contribution >= 4 is 17.6 Å². The second-order valence-electron chi connectivity index (χ2n) is 7.29. The number of aliphatic hydroxyl groups excluding tert-OH is 1. The van der Waals surface area contributed by atoms with Crippen LogP contribution in [0.2, 0.25) is 5.02 Å². The van der Waals surface area contributed by atoms with Crippen molar-refractivity contribution in [2.45, 2.75) is 38.1 Å². The van der Waals surface area contributed by atoms with Gasteiger partial charge >= 0.3 is 0 Å². The zero-order chi connectivity index (χ0) is 17.4. The number of benzene rings is 1. The molecule has 2 N–H and O–H groups in total. The number of aliphatic imine (C=N–C) groups is 1. The third-order valence-electron chi connectivity index (χ3n) is 5.73. The van der Waals surface area contributed by atoms with E-state index in [0.717, 1.165) is 31.2 Å². The van der Waals surface area contributed by atoms with Gasteiger partial charge in [-0.2, -0.15) is 0 Å². The molecule has 0 aliphatic carbocycles. The van der Waals surface area contributed by atoms with Gasteiger partial charge in [0.25, 0.3) is 0 Å². The zero-order valence-electron chi connectivity index (χ0n) is 14.6. The lowest BCUT2D eigenvalue weighted by Crippen LogP contribution is -2.41. The van der Waals surface area contributed by atoms with E-state index in [-0.39, 0.29) is 0 Å². The summed E-state index contributed by atoms with van der Waals surface area (Å²) < 4.78 is 6.06. The Morgan fingerprint density at radius 3 is 2.72 bits per heavy atom. The minimum atomic E-state index is -0.644. The van der Waals surface area contributed by atoms with Crippen molar-refractivity contribution < 1.29 is 9.84 Å². The van der Waals surface area contributed by atoms with Gasteiger partial charge in [0.05, 0.1) is 24.9 Å². The lowest BCUT2D eigenvalue weighted by atomic mass is 9.82. The number of aliphatic hydroxyl groups is 1. The Balaban J connectivity index is 1.43. The van der Waals surface area contributed by atoms with Gasteiger partial charge in [-0.15, -0.1) is 0 Å². The number of nitrogens with one attached hydrogen (secondary N) is 1. The van der Waals surface area contributed by atoms with Crippen molar-refractivity contribution in [3.8, 4) is 0 Å². The van der Waals surface area contributed by atoms with Crippen LogP contribution in [0, 0.1) is 11.8 Å². The monoisotopic (exact) mass is 363 g/mol. The smallest absolute Gasteiger partial charge is 0.194 e. The summed E-state index contributed by atoms with van der Waals surface area (Å²) in [5, 5.41) is 14.4. The fourth-order valence-electron chi connectivity index (χ4n) is 4.55. The third kappa shape index (κ3) is 3.37. The van der Waals surface area contributed by atoms with Crippen LogP contribution in [0.1, 0.15) is 31.4 Å². The van der Waals surface area contributed by atoms with Gasteiger partial charge in [0.1, 0.15) is 0 Å². The van der Waals surface area contributed by atoms with Gasteiger partial charge in [0.15, 0.2) is 5.96 Å². The van der Waals surface area contributed by atoms with E-state index in [1.54, 1.807) is 6.07 Å². The van der Waals surface area contributed by atoms with Crippen molar-refractivity contribution in [1.82, 2.24) is 10.2 Å². The maximum absolute atomic E-state index is 10.4. The van der Waals surface area contributed by atoms with Crippen LogP contribution in [0.15, 0.2) is 29.3 Å². The van der Waals surface area contributed by atoms with Gasteiger partial charge in [0, 0.05) is 36.5 Å². The first-order valence-electron chi connectivity index (χ1n) is 9.28. The van der Waals surface area contributed by atoms with Crippen LogP contribution in [0.5, 0.6) is 0 Å². The molecule has 0 spiro atoms. The molecule has 3 aliphatic heterocycles. The fraction of sp³-hybridized carbons (Fsp3) is 0.632. The summed E-state index contributed by atoms with van der Waals surface area (Å²) in [4.78, 5) is 7.04. The molecule has 0 amide bonds. The van der Waals surface area contributed by atoms with Crippen molar-refractivity contribution in [2.24, 2.45) is 16.8 Å². The van der Waals surface area contributed by atoms with Gasteiger partial charge in [0.2, 0.25) is 0 Å². The molecule has 3 heterocycles. The largest absolute Gasteiger partial charge is 0.386 e. The van der Waals surface area contributed by atoms with Crippen LogP contribution < -0.4 is 5.32 Å². The first-order valence-corrected chi connectivity index (χ1v) is 9.65. The van der Waals surface area contributed by atoms with E-state index in [4.69, 9.17) is 21.3 Å². The van der Waals surface area contributed by atoms with Crippen molar-refractivity contribution in [3.05, 3.63) is 34.9 Å². The Bertz CT molecular complexity index is 635. The number of ether oxygens (including phenoxy) is 1. The molecule has 1 aromatic rings. The number of rotatable bonds is 4. The average molecular weight is 364 g/mol. The molecule has 0 radical (unpaired) electrons. The molecule has 5 unspecified atom stereocenters. The minimum absolute atomic E-state index is 0.331.